The smallest absolute Gasteiger partial charge is 0.237 e. The second-order valence-electron chi connectivity index (χ2n) is 6.69. The van der Waals surface area contributed by atoms with Gasteiger partial charge in [-0.1, -0.05) is 17.8 Å². The second-order valence-corrected chi connectivity index (χ2v) is 8.00. The Morgan fingerprint density at radius 3 is 2.87 bits per heavy atom. The van der Waals surface area contributed by atoms with Crippen molar-refractivity contribution >= 4 is 23.4 Å². The van der Waals surface area contributed by atoms with Gasteiger partial charge in [-0.3, -0.25) is 14.3 Å². The molecule has 0 aliphatic rings. The summed E-state index contributed by atoms with van der Waals surface area (Å²) in [7, 11) is 1.59. The lowest BCUT2D eigenvalue weighted by Crippen LogP contribution is -2.23. The van der Waals surface area contributed by atoms with E-state index in [2.05, 4.69) is 20.5 Å². The van der Waals surface area contributed by atoms with Crippen LogP contribution in [0.25, 0.3) is 11.4 Å². The van der Waals surface area contributed by atoms with Crippen LogP contribution < -0.4 is 10.1 Å². The first-order valence-corrected chi connectivity index (χ1v) is 10.5. The summed E-state index contributed by atoms with van der Waals surface area (Å²) in [6.45, 7) is 2.27. The predicted octanol–water partition coefficient (Wildman–Crippen LogP) is 4.11. The van der Waals surface area contributed by atoms with Crippen LogP contribution in [-0.2, 0) is 11.3 Å². The van der Waals surface area contributed by atoms with Crippen molar-refractivity contribution in [3.05, 3.63) is 72.9 Å². The number of rotatable bonds is 8. The van der Waals surface area contributed by atoms with Crippen LogP contribution in [0.3, 0.4) is 0 Å². The molecular weight excluding hydrogens is 414 g/mol. The number of methoxy groups -OCH3 is 1. The van der Waals surface area contributed by atoms with Crippen molar-refractivity contribution < 1.29 is 13.9 Å². The molecule has 0 radical (unpaired) electrons. The highest BCUT2D eigenvalue weighted by Gasteiger charge is 2.22. The molecular formula is C22H21N5O3S. The molecule has 1 amide bonds. The van der Waals surface area contributed by atoms with Gasteiger partial charge in [-0.15, -0.1) is 10.2 Å². The summed E-state index contributed by atoms with van der Waals surface area (Å²) < 4.78 is 12.7. The zero-order chi connectivity index (χ0) is 21.6. The fourth-order valence-electron chi connectivity index (χ4n) is 2.94. The van der Waals surface area contributed by atoms with Crippen molar-refractivity contribution in [2.75, 3.05) is 12.4 Å². The van der Waals surface area contributed by atoms with Gasteiger partial charge in [0.05, 0.1) is 25.2 Å². The maximum atomic E-state index is 12.8. The van der Waals surface area contributed by atoms with E-state index in [-0.39, 0.29) is 5.91 Å². The summed E-state index contributed by atoms with van der Waals surface area (Å²) in [5.74, 6) is 1.96. The molecule has 4 aromatic rings. The average molecular weight is 436 g/mol. The van der Waals surface area contributed by atoms with E-state index in [1.807, 2.05) is 54.0 Å². The van der Waals surface area contributed by atoms with Crippen LogP contribution in [0.15, 0.2) is 76.8 Å². The van der Waals surface area contributed by atoms with Gasteiger partial charge < -0.3 is 14.5 Å². The molecule has 0 saturated carbocycles. The number of anilines is 1. The van der Waals surface area contributed by atoms with E-state index >= 15 is 0 Å². The number of hydrogen-bond donors (Lipinski definition) is 1. The van der Waals surface area contributed by atoms with E-state index in [4.69, 9.17) is 9.15 Å². The van der Waals surface area contributed by atoms with Crippen molar-refractivity contribution in [3.63, 3.8) is 0 Å². The van der Waals surface area contributed by atoms with Gasteiger partial charge in [0.2, 0.25) is 5.91 Å². The number of carbonyl (C=O) groups excluding carboxylic acids is 1. The van der Waals surface area contributed by atoms with Crippen LogP contribution >= 0.6 is 11.8 Å². The monoisotopic (exact) mass is 435 g/mol. The van der Waals surface area contributed by atoms with Crippen molar-refractivity contribution in [3.8, 4) is 17.1 Å². The number of carbonyl (C=O) groups is 1. The van der Waals surface area contributed by atoms with Gasteiger partial charge in [0.1, 0.15) is 11.5 Å². The Hall–Kier alpha value is -3.59. The van der Waals surface area contributed by atoms with Crippen molar-refractivity contribution in [1.82, 2.24) is 19.7 Å². The Labute approximate surface area is 183 Å². The topological polar surface area (TPSA) is 95.1 Å². The van der Waals surface area contributed by atoms with E-state index in [0.717, 1.165) is 11.3 Å². The SMILES string of the molecule is COc1cccc(NC(=O)[C@H](C)Sc2nnc(-c3cccnc3)n2Cc2ccco2)c1. The van der Waals surface area contributed by atoms with E-state index in [1.165, 1.54) is 11.8 Å². The fourth-order valence-corrected chi connectivity index (χ4v) is 3.79. The number of thioether (sulfide) groups is 1. The molecule has 9 heteroatoms. The Morgan fingerprint density at radius 1 is 1.23 bits per heavy atom. The van der Waals surface area contributed by atoms with Crippen molar-refractivity contribution in [2.24, 2.45) is 0 Å². The van der Waals surface area contributed by atoms with Gasteiger partial charge in [-0.05, 0) is 43.3 Å². The summed E-state index contributed by atoms with van der Waals surface area (Å²) in [6.07, 6.45) is 5.06. The van der Waals surface area contributed by atoms with Crippen LogP contribution in [0, 0.1) is 0 Å². The molecule has 0 aliphatic carbocycles. The molecule has 0 unspecified atom stereocenters. The molecule has 31 heavy (non-hydrogen) atoms. The minimum atomic E-state index is -0.410. The van der Waals surface area contributed by atoms with Crippen LogP contribution in [0.5, 0.6) is 5.75 Å². The standard InChI is InChI=1S/C22H21N5O3S/c1-15(21(28)24-17-7-3-8-18(12-17)29-2)31-22-26-25-20(16-6-4-10-23-13-16)27(22)14-19-9-5-11-30-19/h3-13,15H,14H2,1-2H3,(H,24,28)/t15-/m0/s1. The quantitative estimate of drug-likeness (QED) is 0.416. The number of amides is 1. The van der Waals surface area contributed by atoms with Crippen LogP contribution in [0.1, 0.15) is 12.7 Å². The molecule has 0 saturated heterocycles. The maximum absolute atomic E-state index is 12.8. The number of pyridine rings is 1. The van der Waals surface area contributed by atoms with Gasteiger partial charge in [0, 0.05) is 29.7 Å². The van der Waals surface area contributed by atoms with Crippen molar-refractivity contribution in [2.45, 2.75) is 23.9 Å². The zero-order valence-corrected chi connectivity index (χ0v) is 17.9. The van der Waals surface area contributed by atoms with E-state index < -0.39 is 5.25 Å². The Bertz CT molecular complexity index is 1150. The van der Waals surface area contributed by atoms with Crippen LogP contribution in [0.2, 0.25) is 0 Å². The normalized spacial score (nSPS) is 11.8. The third-order valence-electron chi connectivity index (χ3n) is 4.52. The molecule has 8 nitrogen and oxygen atoms in total. The van der Waals surface area contributed by atoms with E-state index in [1.54, 1.807) is 31.8 Å². The highest BCUT2D eigenvalue weighted by Crippen LogP contribution is 2.28. The maximum Gasteiger partial charge on any atom is 0.237 e. The zero-order valence-electron chi connectivity index (χ0n) is 17.1. The minimum absolute atomic E-state index is 0.145. The first kappa shape index (κ1) is 20.7. The third-order valence-corrected chi connectivity index (χ3v) is 5.60. The number of ether oxygens (including phenoxy) is 1. The number of hydrogen-bond acceptors (Lipinski definition) is 7. The first-order chi connectivity index (χ1) is 15.1. The van der Waals surface area contributed by atoms with Crippen molar-refractivity contribution in [1.29, 1.82) is 0 Å². The minimum Gasteiger partial charge on any atom is -0.497 e. The summed E-state index contributed by atoms with van der Waals surface area (Å²) in [5.41, 5.74) is 1.51. The summed E-state index contributed by atoms with van der Waals surface area (Å²) >= 11 is 1.33. The highest BCUT2D eigenvalue weighted by molar-refractivity contribution is 8.00. The molecule has 0 spiro atoms. The summed E-state index contributed by atoms with van der Waals surface area (Å²) in [6, 6.07) is 14.7. The Morgan fingerprint density at radius 2 is 2.13 bits per heavy atom. The van der Waals surface area contributed by atoms with Gasteiger partial charge in [-0.25, -0.2) is 0 Å². The molecule has 158 valence electrons. The number of benzene rings is 1. The van der Waals surface area contributed by atoms with Gasteiger partial charge in [0.15, 0.2) is 11.0 Å². The van der Waals surface area contributed by atoms with Crippen LogP contribution in [-0.4, -0.2) is 38.0 Å². The Balaban J connectivity index is 1.55. The van der Waals surface area contributed by atoms with E-state index in [9.17, 15) is 4.79 Å². The Kier molecular flexibility index (Phi) is 6.32. The van der Waals surface area contributed by atoms with Gasteiger partial charge in [-0.2, -0.15) is 0 Å². The van der Waals surface area contributed by atoms with Gasteiger partial charge in [0.25, 0.3) is 0 Å². The molecule has 1 N–H and O–H groups in total. The molecule has 3 aromatic heterocycles. The molecule has 0 bridgehead atoms. The number of nitrogens with one attached hydrogen (secondary N) is 1. The lowest BCUT2D eigenvalue weighted by molar-refractivity contribution is -0.115. The molecule has 4 rings (SSSR count). The number of furan rings is 1. The molecule has 1 atom stereocenters. The lowest BCUT2D eigenvalue weighted by atomic mass is 10.2. The fraction of sp³-hybridized carbons (Fsp3) is 0.182. The molecule has 1 aromatic carbocycles. The predicted molar refractivity (Wildman–Crippen MR) is 118 cm³/mol. The summed E-state index contributed by atoms with van der Waals surface area (Å²) in [5, 5.41) is 11.8. The molecule has 0 aliphatic heterocycles. The van der Waals surface area contributed by atoms with Gasteiger partial charge >= 0.3 is 0 Å². The second kappa shape index (κ2) is 9.48. The first-order valence-electron chi connectivity index (χ1n) is 9.61. The van der Waals surface area contributed by atoms with E-state index in [0.29, 0.717) is 29.0 Å². The number of nitrogens with zero attached hydrogens (tertiary/aromatic N) is 4. The molecule has 0 fully saturated rings. The highest BCUT2D eigenvalue weighted by atomic mass is 32.2. The number of aromatic nitrogens is 4. The largest absolute Gasteiger partial charge is 0.497 e. The molecule has 3 heterocycles. The summed E-state index contributed by atoms with van der Waals surface area (Å²) in [4.78, 5) is 16.9. The lowest BCUT2D eigenvalue weighted by Gasteiger charge is -2.13. The van der Waals surface area contributed by atoms with Crippen LogP contribution in [0.4, 0.5) is 5.69 Å². The third kappa shape index (κ3) is 4.95. The average Bonchev–Trinajstić information content (AvgIpc) is 3.45.